The van der Waals surface area contributed by atoms with Gasteiger partial charge in [-0.25, -0.2) is 14.8 Å². The lowest BCUT2D eigenvalue weighted by atomic mass is 10.1. The number of rotatable bonds is 4. The van der Waals surface area contributed by atoms with E-state index in [1.165, 1.54) is 16.9 Å². The van der Waals surface area contributed by atoms with Gasteiger partial charge in [0.05, 0.1) is 0 Å². The zero-order chi connectivity index (χ0) is 15.8. The second kappa shape index (κ2) is 5.64. The van der Waals surface area contributed by atoms with E-state index in [2.05, 4.69) is 26.3 Å². The third kappa shape index (κ3) is 2.66. The normalized spacial score (nSPS) is 13.1. The van der Waals surface area contributed by atoms with Crippen LogP contribution in [-0.4, -0.2) is 27.6 Å². The number of carboxylic acid groups (broad SMARTS) is 1. The molecule has 3 heterocycles. The maximum absolute atomic E-state index is 11.0. The minimum atomic E-state index is -0.991. The lowest BCUT2D eigenvalue weighted by Crippen LogP contribution is -2.13. The van der Waals surface area contributed by atoms with E-state index in [-0.39, 0.29) is 5.69 Å². The monoisotopic (exact) mass is 344 g/mol. The SMILES string of the molecule is O=C(O)c1csc(N2CCc3cc(Nc4nccs4)ccc32)n1. The van der Waals surface area contributed by atoms with Gasteiger partial charge in [-0.1, -0.05) is 0 Å². The molecule has 0 radical (unpaired) electrons. The number of aromatic carboxylic acids is 1. The van der Waals surface area contributed by atoms with E-state index in [1.54, 1.807) is 22.9 Å². The number of benzene rings is 1. The van der Waals surface area contributed by atoms with E-state index in [9.17, 15) is 4.79 Å². The van der Waals surface area contributed by atoms with Gasteiger partial charge in [-0.3, -0.25) is 0 Å². The zero-order valence-electron chi connectivity index (χ0n) is 11.9. The van der Waals surface area contributed by atoms with Gasteiger partial charge in [0.2, 0.25) is 0 Å². The van der Waals surface area contributed by atoms with E-state index in [0.717, 1.165) is 34.6 Å². The van der Waals surface area contributed by atoms with Gasteiger partial charge < -0.3 is 15.3 Å². The number of nitrogens with one attached hydrogen (secondary N) is 1. The van der Waals surface area contributed by atoms with Gasteiger partial charge >= 0.3 is 5.97 Å². The highest BCUT2D eigenvalue weighted by molar-refractivity contribution is 7.14. The highest BCUT2D eigenvalue weighted by Gasteiger charge is 2.24. The van der Waals surface area contributed by atoms with Crippen molar-refractivity contribution in [2.45, 2.75) is 6.42 Å². The minimum Gasteiger partial charge on any atom is -0.476 e. The molecule has 0 aliphatic carbocycles. The van der Waals surface area contributed by atoms with Crippen molar-refractivity contribution in [2.24, 2.45) is 0 Å². The molecule has 116 valence electrons. The van der Waals surface area contributed by atoms with Crippen LogP contribution in [0.2, 0.25) is 0 Å². The molecule has 23 heavy (non-hydrogen) atoms. The van der Waals surface area contributed by atoms with Crippen LogP contribution in [0.5, 0.6) is 0 Å². The summed E-state index contributed by atoms with van der Waals surface area (Å²) in [6.07, 6.45) is 2.68. The second-order valence-corrected chi connectivity index (χ2v) is 6.76. The summed E-state index contributed by atoms with van der Waals surface area (Å²) >= 11 is 2.91. The molecule has 0 unspecified atom stereocenters. The summed E-state index contributed by atoms with van der Waals surface area (Å²) in [6.45, 7) is 0.808. The Hall–Kier alpha value is -2.45. The topological polar surface area (TPSA) is 78.4 Å². The van der Waals surface area contributed by atoms with Crippen molar-refractivity contribution in [1.29, 1.82) is 0 Å². The van der Waals surface area contributed by atoms with Gasteiger partial charge in [0, 0.05) is 34.9 Å². The van der Waals surface area contributed by atoms with Gasteiger partial charge in [0.1, 0.15) is 0 Å². The fraction of sp³-hybridized carbons (Fsp3) is 0.133. The molecule has 8 heteroatoms. The number of nitrogens with zero attached hydrogens (tertiary/aromatic N) is 3. The van der Waals surface area contributed by atoms with Gasteiger partial charge in [-0.2, -0.15) is 0 Å². The molecule has 6 nitrogen and oxygen atoms in total. The third-order valence-electron chi connectivity index (χ3n) is 3.60. The number of carbonyl (C=O) groups is 1. The number of hydrogen-bond donors (Lipinski definition) is 2. The highest BCUT2D eigenvalue weighted by Crippen LogP contribution is 2.37. The number of fused-ring (bicyclic) bond motifs is 1. The first-order valence-electron chi connectivity index (χ1n) is 6.96. The number of aromatic nitrogens is 2. The fourth-order valence-electron chi connectivity index (χ4n) is 2.57. The summed E-state index contributed by atoms with van der Waals surface area (Å²) in [5, 5.41) is 17.4. The molecule has 2 aromatic heterocycles. The number of carboxylic acids is 1. The first kappa shape index (κ1) is 14.2. The molecule has 3 aromatic rings. The van der Waals surface area contributed by atoms with Crippen molar-refractivity contribution >= 4 is 50.3 Å². The Morgan fingerprint density at radius 2 is 2.26 bits per heavy atom. The van der Waals surface area contributed by atoms with Crippen LogP contribution < -0.4 is 10.2 Å². The molecule has 2 N–H and O–H groups in total. The molecule has 0 saturated heterocycles. The average Bonchev–Trinajstić information content (AvgIpc) is 3.26. The Labute approximate surface area is 140 Å². The Bertz CT molecular complexity index is 860. The zero-order valence-corrected chi connectivity index (χ0v) is 13.5. The summed E-state index contributed by atoms with van der Waals surface area (Å²) in [7, 11) is 0. The maximum atomic E-state index is 11.0. The molecule has 0 bridgehead atoms. The van der Waals surface area contributed by atoms with Crippen LogP contribution >= 0.6 is 22.7 Å². The summed E-state index contributed by atoms with van der Waals surface area (Å²) in [5.74, 6) is -0.991. The van der Waals surface area contributed by atoms with Crippen LogP contribution in [0, 0.1) is 0 Å². The molecule has 1 aliphatic rings. The molecular weight excluding hydrogens is 332 g/mol. The third-order valence-corrected chi connectivity index (χ3v) is 5.15. The molecule has 0 fully saturated rings. The molecule has 1 aliphatic heterocycles. The van der Waals surface area contributed by atoms with Crippen LogP contribution in [-0.2, 0) is 6.42 Å². The van der Waals surface area contributed by atoms with Gasteiger partial charge in [0.15, 0.2) is 16.0 Å². The molecule has 1 aromatic carbocycles. The Morgan fingerprint density at radius 3 is 3.00 bits per heavy atom. The predicted molar refractivity (Wildman–Crippen MR) is 91.6 cm³/mol. The van der Waals surface area contributed by atoms with E-state index >= 15 is 0 Å². The van der Waals surface area contributed by atoms with Crippen molar-refractivity contribution in [1.82, 2.24) is 9.97 Å². The number of anilines is 4. The maximum Gasteiger partial charge on any atom is 0.355 e. The smallest absolute Gasteiger partial charge is 0.355 e. The van der Waals surface area contributed by atoms with E-state index in [4.69, 9.17) is 5.11 Å². The largest absolute Gasteiger partial charge is 0.476 e. The van der Waals surface area contributed by atoms with Crippen LogP contribution in [0.4, 0.5) is 21.6 Å². The molecular formula is C15H12N4O2S2. The van der Waals surface area contributed by atoms with E-state index in [1.807, 2.05) is 17.5 Å². The van der Waals surface area contributed by atoms with Gasteiger partial charge in [0.25, 0.3) is 0 Å². The van der Waals surface area contributed by atoms with Crippen molar-refractivity contribution in [3.05, 3.63) is 46.4 Å². The van der Waals surface area contributed by atoms with E-state index in [0.29, 0.717) is 0 Å². The first-order chi connectivity index (χ1) is 11.2. The van der Waals surface area contributed by atoms with Crippen molar-refractivity contribution in [3.8, 4) is 0 Å². The first-order valence-corrected chi connectivity index (χ1v) is 8.72. The minimum absolute atomic E-state index is 0.0977. The van der Waals surface area contributed by atoms with Crippen LogP contribution in [0.1, 0.15) is 16.1 Å². The summed E-state index contributed by atoms with van der Waals surface area (Å²) in [6, 6.07) is 6.16. The lowest BCUT2D eigenvalue weighted by Gasteiger charge is -2.16. The van der Waals surface area contributed by atoms with Crippen molar-refractivity contribution in [3.63, 3.8) is 0 Å². The molecule has 0 saturated carbocycles. The average molecular weight is 344 g/mol. The molecule has 4 rings (SSSR count). The quantitative estimate of drug-likeness (QED) is 0.751. The molecule has 0 spiro atoms. The van der Waals surface area contributed by atoms with Crippen LogP contribution in [0.15, 0.2) is 35.2 Å². The Kier molecular flexibility index (Phi) is 3.47. The number of hydrogen-bond acceptors (Lipinski definition) is 7. The van der Waals surface area contributed by atoms with Gasteiger partial charge in [-0.05, 0) is 30.2 Å². The van der Waals surface area contributed by atoms with Gasteiger partial charge in [-0.15, -0.1) is 22.7 Å². The Morgan fingerprint density at radius 1 is 1.35 bits per heavy atom. The summed E-state index contributed by atoms with van der Waals surface area (Å²) in [4.78, 5) is 21.5. The Balaban J connectivity index is 1.60. The highest BCUT2D eigenvalue weighted by atomic mass is 32.1. The second-order valence-electron chi connectivity index (χ2n) is 5.03. The summed E-state index contributed by atoms with van der Waals surface area (Å²) in [5.41, 5.74) is 3.41. The van der Waals surface area contributed by atoms with Crippen molar-refractivity contribution in [2.75, 3.05) is 16.8 Å². The van der Waals surface area contributed by atoms with Crippen molar-refractivity contribution < 1.29 is 9.90 Å². The van der Waals surface area contributed by atoms with Crippen LogP contribution in [0.25, 0.3) is 0 Å². The van der Waals surface area contributed by atoms with Crippen LogP contribution in [0.3, 0.4) is 0 Å². The van der Waals surface area contributed by atoms with E-state index < -0.39 is 5.97 Å². The molecule has 0 amide bonds. The number of thiazole rings is 2. The molecule has 0 atom stereocenters. The predicted octanol–water partition coefficient (Wildman–Crippen LogP) is 3.74. The fourth-order valence-corrected chi connectivity index (χ4v) is 3.96. The standard InChI is InChI=1S/C15H12N4O2S2/c20-13(21)11-8-23-15(18-11)19-5-3-9-7-10(1-2-12(9)19)17-14-16-4-6-22-14/h1-2,4,6-8H,3,5H2,(H,16,17)(H,20,21). The summed E-state index contributed by atoms with van der Waals surface area (Å²) < 4.78 is 0. The lowest BCUT2D eigenvalue weighted by molar-refractivity contribution is 0.0691.